The van der Waals surface area contributed by atoms with E-state index in [-0.39, 0.29) is 5.56 Å². The molecule has 0 heterocycles. The van der Waals surface area contributed by atoms with Gasteiger partial charge in [0.1, 0.15) is 0 Å². The molecule has 1 rings (SSSR count). The van der Waals surface area contributed by atoms with Crippen LogP contribution in [0, 0.1) is 6.92 Å². The average Bonchev–Trinajstić information content (AvgIpc) is 2.14. The SMILES string of the molecule is Cc1cc(C(O)[C@H](C)N)cc(C(F)(F)F)c1. The van der Waals surface area contributed by atoms with Crippen LogP contribution < -0.4 is 5.73 Å². The Hall–Kier alpha value is -1.07. The Morgan fingerprint density at radius 3 is 2.25 bits per heavy atom. The van der Waals surface area contributed by atoms with Gasteiger partial charge in [0.25, 0.3) is 0 Å². The van der Waals surface area contributed by atoms with E-state index in [4.69, 9.17) is 5.73 Å². The molecule has 0 saturated heterocycles. The number of hydrogen-bond acceptors (Lipinski definition) is 2. The smallest absolute Gasteiger partial charge is 0.387 e. The zero-order valence-electron chi connectivity index (χ0n) is 9.05. The van der Waals surface area contributed by atoms with Crippen molar-refractivity contribution in [2.75, 3.05) is 0 Å². The van der Waals surface area contributed by atoms with E-state index in [1.54, 1.807) is 13.8 Å². The number of nitrogens with two attached hydrogens (primary N) is 1. The summed E-state index contributed by atoms with van der Waals surface area (Å²) in [6, 6.07) is 2.87. The summed E-state index contributed by atoms with van der Waals surface area (Å²) in [6.07, 6.45) is -5.49. The van der Waals surface area contributed by atoms with Crippen molar-refractivity contribution in [2.45, 2.75) is 32.2 Å². The maximum Gasteiger partial charge on any atom is 0.416 e. The molecule has 5 heteroatoms. The molecule has 0 aliphatic rings. The lowest BCUT2D eigenvalue weighted by Crippen LogP contribution is -2.24. The van der Waals surface area contributed by atoms with Gasteiger partial charge in [0.2, 0.25) is 0 Å². The number of aryl methyl sites for hydroxylation is 1. The van der Waals surface area contributed by atoms with Crippen LogP contribution in [-0.4, -0.2) is 11.1 Å². The van der Waals surface area contributed by atoms with Crippen molar-refractivity contribution in [3.8, 4) is 0 Å². The first-order valence-electron chi connectivity index (χ1n) is 4.84. The lowest BCUT2D eigenvalue weighted by molar-refractivity contribution is -0.137. The molecule has 0 aliphatic carbocycles. The minimum atomic E-state index is -4.40. The molecule has 1 aromatic carbocycles. The van der Waals surface area contributed by atoms with Crippen molar-refractivity contribution < 1.29 is 18.3 Å². The van der Waals surface area contributed by atoms with E-state index in [0.717, 1.165) is 12.1 Å². The molecule has 0 radical (unpaired) electrons. The van der Waals surface area contributed by atoms with Gasteiger partial charge >= 0.3 is 6.18 Å². The fourth-order valence-electron chi connectivity index (χ4n) is 1.45. The van der Waals surface area contributed by atoms with Gasteiger partial charge < -0.3 is 10.8 Å². The zero-order chi connectivity index (χ0) is 12.5. The van der Waals surface area contributed by atoms with Crippen LogP contribution >= 0.6 is 0 Å². The fourth-order valence-corrected chi connectivity index (χ4v) is 1.45. The van der Waals surface area contributed by atoms with Crippen LogP contribution in [0.1, 0.15) is 29.7 Å². The van der Waals surface area contributed by atoms with Gasteiger partial charge in [-0.3, -0.25) is 0 Å². The van der Waals surface area contributed by atoms with E-state index in [0.29, 0.717) is 5.56 Å². The Morgan fingerprint density at radius 2 is 1.81 bits per heavy atom. The molecule has 0 spiro atoms. The number of benzene rings is 1. The molecule has 16 heavy (non-hydrogen) atoms. The molecule has 1 aromatic rings. The summed E-state index contributed by atoms with van der Waals surface area (Å²) in [4.78, 5) is 0. The fraction of sp³-hybridized carbons (Fsp3) is 0.455. The highest BCUT2D eigenvalue weighted by Crippen LogP contribution is 2.32. The summed E-state index contributed by atoms with van der Waals surface area (Å²) >= 11 is 0. The van der Waals surface area contributed by atoms with Crippen LogP contribution in [-0.2, 0) is 6.18 Å². The third-order valence-electron chi connectivity index (χ3n) is 2.27. The molecule has 90 valence electrons. The number of alkyl halides is 3. The third kappa shape index (κ3) is 2.96. The molecular formula is C11H14F3NO. The summed E-state index contributed by atoms with van der Waals surface area (Å²) < 4.78 is 37.5. The number of aliphatic hydroxyl groups is 1. The van der Waals surface area contributed by atoms with E-state index < -0.39 is 23.9 Å². The Morgan fingerprint density at radius 1 is 1.25 bits per heavy atom. The standard InChI is InChI=1S/C11H14F3NO/c1-6-3-8(10(16)7(2)15)5-9(4-6)11(12,13)14/h3-5,7,10,16H,15H2,1-2H3/t7-,10?/m0/s1. The van der Waals surface area contributed by atoms with Crippen LogP contribution in [0.5, 0.6) is 0 Å². The lowest BCUT2D eigenvalue weighted by Gasteiger charge is -2.17. The Kier molecular flexibility index (Phi) is 3.60. The first-order valence-corrected chi connectivity index (χ1v) is 4.84. The van der Waals surface area contributed by atoms with Crippen molar-refractivity contribution >= 4 is 0 Å². The van der Waals surface area contributed by atoms with Crippen LogP contribution in [0.4, 0.5) is 13.2 Å². The molecular weight excluding hydrogens is 219 g/mol. The van der Waals surface area contributed by atoms with E-state index >= 15 is 0 Å². The molecule has 0 fully saturated rings. The van der Waals surface area contributed by atoms with E-state index in [9.17, 15) is 18.3 Å². The second-order valence-corrected chi connectivity index (χ2v) is 3.93. The zero-order valence-corrected chi connectivity index (χ0v) is 9.05. The van der Waals surface area contributed by atoms with Gasteiger partial charge in [0.15, 0.2) is 0 Å². The second-order valence-electron chi connectivity index (χ2n) is 3.93. The average molecular weight is 233 g/mol. The number of halogens is 3. The van der Waals surface area contributed by atoms with Crippen molar-refractivity contribution in [2.24, 2.45) is 5.73 Å². The van der Waals surface area contributed by atoms with Gasteiger partial charge in [0.05, 0.1) is 11.7 Å². The van der Waals surface area contributed by atoms with Gasteiger partial charge in [-0.05, 0) is 31.5 Å². The van der Waals surface area contributed by atoms with Gasteiger partial charge in [-0.25, -0.2) is 0 Å². The highest BCUT2D eigenvalue weighted by atomic mass is 19.4. The van der Waals surface area contributed by atoms with E-state index in [1.807, 2.05) is 0 Å². The van der Waals surface area contributed by atoms with Crippen LogP contribution in [0.25, 0.3) is 0 Å². The molecule has 0 bridgehead atoms. The molecule has 0 saturated carbocycles. The topological polar surface area (TPSA) is 46.2 Å². The minimum absolute atomic E-state index is 0.197. The van der Waals surface area contributed by atoms with Crippen molar-refractivity contribution in [1.29, 1.82) is 0 Å². The van der Waals surface area contributed by atoms with Gasteiger partial charge in [-0.1, -0.05) is 11.6 Å². The summed E-state index contributed by atoms with van der Waals surface area (Å²) in [5.41, 5.74) is 5.33. The van der Waals surface area contributed by atoms with Crippen molar-refractivity contribution in [3.63, 3.8) is 0 Å². The molecule has 0 amide bonds. The predicted octanol–water partition coefficient (Wildman–Crippen LogP) is 2.39. The second kappa shape index (κ2) is 4.43. The maximum absolute atomic E-state index is 12.5. The Balaban J connectivity index is 3.18. The first kappa shape index (κ1) is 13.0. The van der Waals surface area contributed by atoms with Crippen molar-refractivity contribution in [3.05, 3.63) is 34.9 Å². The van der Waals surface area contributed by atoms with Crippen molar-refractivity contribution in [1.82, 2.24) is 0 Å². The number of hydrogen-bond donors (Lipinski definition) is 2. The normalized spacial score (nSPS) is 15.9. The maximum atomic E-state index is 12.5. The highest BCUT2D eigenvalue weighted by molar-refractivity contribution is 5.32. The molecule has 0 aliphatic heterocycles. The summed E-state index contributed by atoms with van der Waals surface area (Å²) in [7, 11) is 0. The third-order valence-corrected chi connectivity index (χ3v) is 2.27. The van der Waals surface area contributed by atoms with Crippen LogP contribution in [0.2, 0.25) is 0 Å². The monoisotopic (exact) mass is 233 g/mol. The summed E-state index contributed by atoms with van der Waals surface area (Å²) in [6.45, 7) is 3.09. The van der Waals surface area contributed by atoms with E-state index in [1.165, 1.54) is 6.07 Å². The lowest BCUT2D eigenvalue weighted by atomic mass is 9.99. The minimum Gasteiger partial charge on any atom is -0.387 e. The molecule has 2 nitrogen and oxygen atoms in total. The Labute approximate surface area is 91.9 Å². The molecule has 2 atom stereocenters. The molecule has 3 N–H and O–H groups in total. The number of rotatable bonds is 2. The first-order chi connectivity index (χ1) is 7.21. The Bertz CT molecular complexity index is 374. The quantitative estimate of drug-likeness (QED) is 0.823. The van der Waals surface area contributed by atoms with Gasteiger partial charge in [-0.15, -0.1) is 0 Å². The van der Waals surface area contributed by atoms with Crippen LogP contribution in [0.15, 0.2) is 18.2 Å². The van der Waals surface area contributed by atoms with Gasteiger partial charge in [0, 0.05) is 6.04 Å². The predicted molar refractivity (Wildman–Crippen MR) is 54.8 cm³/mol. The largest absolute Gasteiger partial charge is 0.416 e. The van der Waals surface area contributed by atoms with Gasteiger partial charge in [-0.2, -0.15) is 13.2 Å². The molecule has 0 aromatic heterocycles. The number of aliphatic hydroxyl groups excluding tert-OH is 1. The van der Waals surface area contributed by atoms with E-state index in [2.05, 4.69) is 0 Å². The van der Waals surface area contributed by atoms with Crippen LogP contribution in [0.3, 0.4) is 0 Å². The highest BCUT2D eigenvalue weighted by Gasteiger charge is 2.31. The molecule has 1 unspecified atom stereocenters. The summed E-state index contributed by atoms with van der Waals surface area (Å²) in [5, 5.41) is 9.62. The summed E-state index contributed by atoms with van der Waals surface area (Å²) in [5.74, 6) is 0.